The molecule has 0 saturated carbocycles. The monoisotopic (exact) mass is 460 g/mol. The van der Waals surface area contributed by atoms with E-state index in [9.17, 15) is 10.1 Å². The Morgan fingerprint density at radius 3 is 2.35 bits per heavy atom. The Morgan fingerprint density at radius 2 is 1.87 bits per heavy atom. The highest BCUT2D eigenvalue weighted by Gasteiger charge is 2.16. The molecular weight excluding hydrogens is 448 g/mol. The van der Waals surface area contributed by atoms with E-state index in [2.05, 4.69) is 50.7 Å². The van der Waals surface area contributed by atoms with Crippen molar-refractivity contribution in [3.8, 4) is 5.88 Å². The number of pyridine rings is 1. The Bertz CT molecular complexity index is 730. The largest absolute Gasteiger partial charge is 0.481 e. The van der Waals surface area contributed by atoms with Gasteiger partial charge in [0.1, 0.15) is 0 Å². The first kappa shape index (κ1) is 18.2. The number of rotatable bonds is 5. The molecule has 0 aliphatic heterocycles. The van der Waals surface area contributed by atoms with Crippen LogP contribution in [-0.4, -0.2) is 17.0 Å². The lowest BCUT2D eigenvalue weighted by Crippen LogP contribution is -1.97. The molecule has 0 N–H and O–H groups in total. The van der Waals surface area contributed by atoms with Gasteiger partial charge in [-0.15, -0.1) is 0 Å². The Labute approximate surface area is 155 Å². The molecule has 0 fully saturated rings. The smallest absolute Gasteiger partial charge is 0.271 e. The van der Waals surface area contributed by atoms with E-state index in [1.54, 1.807) is 13.3 Å². The number of methoxy groups -OCH3 is 1. The zero-order chi connectivity index (χ0) is 17.1. The molecule has 0 bridgehead atoms. The molecule has 0 saturated heterocycles. The molecule has 8 heteroatoms. The van der Waals surface area contributed by atoms with E-state index < -0.39 is 4.92 Å². The number of hydrogen-bond acceptors (Lipinski definition) is 5. The van der Waals surface area contributed by atoms with Gasteiger partial charge in [0.15, 0.2) is 0 Å². The molecule has 5 nitrogen and oxygen atoms in total. The van der Waals surface area contributed by atoms with Gasteiger partial charge in [-0.3, -0.25) is 10.1 Å². The third-order valence-electron chi connectivity index (χ3n) is 3.08. The maximum absolute atomic E-state index is 10.9. The number of nitro groups is 1. The van der Waals surface area contributed by atoms with Crippen molar-refractivity contribution >= 4 is 49.3 Å². The second-order valence-corrected chi connectivity index (χ2v) is 7.81. The van der Waals surface area contributed by atoms with Crippen LogP contribution in [0.2, 0.25) is 0 Å². The summed E-state index contributed by atoms with van der Waals surface area (Å²) in [6.07, 6.45) is 1.73. The predicted octanol–water partition coefficient (Wildman–Crippen LogP) is 5.80. The highest BCUT2D eigenvalue weighted by Crippen LogP contribution is 2.42. The summed E-state index contributed by atoms with van der Waals surface area (Å²) < 4.78 is 6.60. The van der Waals surface area contributed by atoms with Crippen LogP contribution in [0.1, 0.15) is 25.3 Å². The Balaban J connectivity index is 2.40. The molecule has 0 spiro atoms. The Kier molecular flexibility index (Phi) is 6.05. The zero-order valence-electron chi connectivity index (χ0n) is 12.7. The summed E-state index contributed by atoms with van der Waals surface area (Å²) in [7, 11) is 1.60. The molecule has 0 amide bonds. The number of hydrogen-bond donors (Lipinski definition) is 0. The van der Waals surface area contributed by atoms with Crippen LogP contribution in [0.15, 0.2) is 43.1 Å². The van der Waals surface area contributed by atoms with Crippen molar-refractivity contribution in [2.75, 3.05) is 7.11 Å². The molecule has 0 aliphatic carbocycles. The van der Waals surface area contributed by atoms with Crippen LogP contribution in [0.25, 0.3) is 0 Å². The first-order valence-electron chi connectivity index (χ1n) is 6.68. The van der Waals surface area contributed by atoms with Gasteiger partial charge in [0, 0.05) is 42.6 Å². The van der Waals surface area contributed by atoms with E-state index in [1.807, 2.05) is 6.07 Å². The van der Waals surface area contributed by atoms with Crippen molar-refractivity contribution in [2.45, 2.75) is 29.6 Å². The lowest BCUT2D eigenvalue weighted by atomic mass is 10.1. The van der Waals surface area contributed by atoms with Crippen LogP contribution in [0.5, 0.6) is 5.88 Å². The van der Waals surface area contributed by atoms with Gasteiger partial charge < -0.3 is 4.74 Å². The fraction of sp³-hybridized carbons (Fsp3) is 0.267. The van der Waals surface area contributed by atoms with Gasteiger partial charge in [0.05, 0.1) is 12.0 Å². The molecule has 0 atom stereocenters. The molecule has 2 aromatic rings. The van der Waals surface area contributed by atoms with E-state index in [0.29, 0.717) is 14.8 Å². The first-order valence-corrected chi connectivity index (χ1v) is 9.09. The normalized spacial score (nSPS) is 10.9. The average molecular weight is 462 g/mol. The van der Waals surface area contributed by atoms with Crippen LogP contribution in [0.4, 0.5) is 5.69 Å². The van der Waals surface area contributed by atoms with Gasteiger partial charge >= 0.3 is 0 Å². The Hall–Kier alpha value is -1.12. The van der Waals surface area contributed by atoms with Gasteiger partial charge in [-0.2, -0.15) is 0 Å². The molecule has 1 aromatic carbocycles. The fourth-order valence-electron chi connectivity index (χ4n) is 1.96. The zero-order valence-corrected chi connectivity index (χ0v) is 16.7. The van der Waals surface area contributed by atoms with Gasteiger partial charge in [0.2, 0.25) is 5.88 Å². The molecule has 122 valence electrons. The quantitative estimate of drug-likeness (QED) is 0.415. The van der Waals surface area contributed by atoms with Crippen molar-refractivity contribution < 1.29 is 9.66 Å². The van der Waals surface area contributed by atoms with Gasteiger partial charge in [-0.05, 0) is 43.8 Å². The van der Waals surface area contributed by atoms with Crippen LogP contribution in [0.3, 0.4) is 0 Å². The van der Waals surface area contributed by atoms with Crippen molar-refractivity contribution in [3.05, 3.63) is 49.0 Å². The predicted molar refractivity (Wildman–Crippen MR) is 97.5 cm³/mol. The number of aromatic nitrogens is 1. The first-order chi connectivity index (χ1) is 10.8. The minimum atomic E-state index is -0.421. The molecule has 23 heavy (non-hydrogen) atoms. The van der Waals surface area contributed by atoms with Gasteiger partial charge in [-0.1, -0.05) is 25.6 Å². The fourth-order valence-corrected chi connectivity index (χ4v) is 4.44. The van der Waals surface area contributed by atoms with Crippen LogP contribution >= 0.6 is 43.6 Å². The molecule has 1 aromatic heterocycles. The number of ether oxygens (including phenoxy) is 1. The summed E-state index contributed by atoms with van der Waals surface area (Å²) in [5, 5.41) is 10.9. The van der Waals surface area contributed by atoms with Crippen molar-refractivity contribution in [1.29, 1.82) is 0 Å². The molecule has 0 radical (unpaired) electrons. The number of halogens is 2. The molecule has 0 aliphatic rings. The molecule has 2 rings (SSSR count). The maximum atomic E-state index is 10.9. The van der Waals surface area contributed by atoms with E-state index in [1.165, 1.54) is 23.9 Å². The second-order valence-electron chi connectivity index (χ2n) is 5.02. The summed E-state index contributed by atoms with van der Waals surface area (Å²) in [5.41, 5.74) is 1.05. The Morgan fingerprint density at radius 1 is 1.26 bits per heavy atom. The molecule has 0 unspecified atom stereocenters. The SMILES string of the molecule is COc1ncc(Sc2c(Br)cc([N+](=O)[O-])cc2Br)cc1C(C)C. The standard InChI is InChI=1S/C15H14Br2N2O3S/c1-8(2)11-6-10(7-18-15(11)22-3)23-14-12(16)4-9(19(20)21)5-13(14)17/h4-8H,1-3H3. The minimum absolute atomic E-state index is 0.0313. The lowest BCUT2D eigenvalue weighted by Gasteiger charge is -2.13. The maximum Gasteiger partial charge on any atom is 0.271 e. The van der Waals surface area contributed by atoms with Gasteiger partial charge in [-0.25, -0.2) is 4.98 Å². The van der Waals surface area contributed by atoms with Gasteiger partial charge in [0.25, 0.3) is 5.69 Å². The number of nitrogens with zero attached hydrogens (tertiary/aromatic N) is 2. The third-order valence-corrected chi connectivity index (χ3v) is 5.96. The highest BCUT2D eigenvalue weighted by atomic mass is 79.9. The van der Waals surface area contributed by atoms with Crippen molar-refractivity contribution in [1.82, 2.24) is 4.98 Å². The molecule has 1 heterocycles. The summed E-state index contributed by atoms with van der Waals surface area (Å²) in [6, 6.07) is 5.02. The summed E-state index contributed by atoms with van der Waals surface area (Å²) in [4.78, 5) is 16.6. The minimum Gasteiger partial charge on any atom is -0.481 e. The summed E-state index contributed by atoms with van der Waals surface area (Å²) in [5.74, 6) is 0.896. The van der Waals surface area contributed by atoms with Crippen LogP contribution < -0.4 is 4.74 Å². The van der Waals surface area contributed by atoms with Crippen LogP contribution in [0, 0.1) is 10.1 Å². The van der Waals surface area contributed by atoms with Crippen LogP contribution in [-0.2, 0) is 0 Å². The topological polar surface area (TPSA) is 65.3 Å². The molecular formula is C15H14Br2N2O3S. The van der Waals surface area contributed by atoms with E-state index in [-0.39, 0.29) is 11.6 Å². The van der Waals surface area contributed by atoms with Crippen molar-refractivity contribution in [3.63, 3.8) is 0 Å². The van der Waals surface area contributed by atoms with Crippen molar-refractivity contribution in [2.24, 2.45) is 0 Å². The van der Waals surface area contributed by atoms with E-state index >= 15 is 0 Å². The highest BCUT2D eigenvalue weighted by molar-refractivity contribution is 9.11. The number of nitro benzene ring substituents is 1. The summed E-state index contributed by atoms with van der Waals surface area (Å²) >= 11 is 8.28. The van der Waals surface area contributed by atoms with E-state index in [4.69, 9.17) is 4.74 Å². The number of benzene rings is 1. The lowest BCUT2D eigenvalue weighted by molar-refractivity contribution is -0.385. The average Bonchev–Trinajstić information content (AvgIpc) is 2.50. The third kappa shape index (κ3) is 4.24. The summed E-state index contributed by atoms with van der Waals surface area (Å²) in [6.45, 7) is 4.15. The van der Waals surface area contributed by atoms with E-state index in [0.717, 1.165) is 15.4 Å². The second kappa shape index (κ2) is 7.63. The number of non-ortho nitro benzene ring substituents is 1.